The number of carbonyl (C=O) groups is 2. The number of ketones is 1. The number of esters is 1. The first kappa shape index (κ1) is 20.0. The molecule has 0 bridgehead atoms. The maximum Gasteiger partial charge on any atom is 0.339 e. The van der Waals surface area contributed by atoms with Gasteiger partial charge < -0.3 is 9.64 Å². The quantitative estimate of drug-likeness (QED) is 0.384. The van der Waals surface area contributed by atoms with E-state index < -0.39 is 5.97 Å². The van der Waals surface area contributed by atoms with E-state index in [1.54, 1.807) is 24.4 Å². The monoisotopic (exact) mass is 458 g/mol. The lowest BCUT2D eigenvalue weighted by molar-refractivity contribution is 0.0599. The molecule has 3 rings (SSSR count). The molecule has 5 nitrogen and oxygen atoms in total. The summed E-state index contributed by atoms with van der Waals surface area (Å²) >= 11 is 9.21. The second kappa shape index (κ2) is 8.54. The minimum atomic E-state index is -0.519. The summed E-state index contributed by atoms with van der Waals surface area (Å²) in [6.07, 6.45) is 1.63. The lowest BCUT2D eigenvalue weighted by Gasteiger charge is -2.19. The van der Waals surface area contributed by atoms with Crippen molar-refractivity contribution in [3.05, 3.63) is 87.1 Å². The predicted molar refractivity (Wildman–Crippen MR) is 113 cm³/mol. The molecule has 1 heterocycles. The van der Waals surface area contributed by atoms with Crippen molar-refractivity contribution in [2.24, 2.45) is 0 Å². The second-order valence-corrected chi connectivity index (χ2v) is 7.24. The number of pyridine rings is 1. The van der Waals surface area contributed by atoms with Crippen molar-refractivity contribution in [3.63, 3.8) is 0 Å². The normalized spacial score (nSPS) is 10.4. The van der Waals surface area contributed by atoms with Crippen molar-refractivity contribution in [1.82, 2.24) is 4.98 Å². The average molecular weight is 460 g/mol. The van der Waals surface area contributed by atoms with E-state index in [4.69, 9.17) is 16.3 Å². The SMILES string of the molecule is COC(=O)c1cc(C(=O)c2ccc(N(C)c3ccc(Cl)cc3)cn2)ccc1Br. The number of rotatable bonds is 5. The summed E-state index contributed by atoms with van der Waals surface area (Å²) in [5, 5.41) is 0.664. The van der Waals surface area contributed by atoms with Crippen molar-refractivity contribution in [2.75, 3.05) is 19.1 Å². The molecule has 1 aromatic heterocycles. The maximum atomic E-state index is 12.8. The Kier molecular flexibility index (Phi) is 6.11. The van der Waals surface area contributed by atoms with E-state index in [1.165, 1.54) is 13.2 Å². The van der Waals surface area contributed by atoms with Gasteiger partial charge in [0.1, 0.15) is 5.69 Å². The molecule has 0 fully saturated rings. The van der Waals surface area contributed by atoms with Crippen LogP contribution in [0.25, 0.3) is 0 Å². The highest BCUT2D eigenvalue weighted by atomic mass is 79.9. The van der Waals surface area contributed by atoms with Gasteiger partial charge in [0.15, 0.2) is 0 Å². The molecule has 2 aromatic carbocycles. The molecule has 28 heavy (non-hydrogen) atoms. The fourth-order valence-electron chi connectivity index (χ4n) is 2.61. The van der Waals surface area contributed by atoms with Gasteiger partial charge in [0, 0.05) is 27.8 Å². The number of nitrogens with zero attached hydrogens (tertiary/aromatic N) is 2. The number of anilines is 2. The second-order valence-electron chi connectivity index (χ2n) is 5.95. The van der Waals surface area contributed by atoms with E-state index >= 15 is 0 Å². The average Bonchev–Trinajstić information content (AvgIpc) is 2.73. The number of hydrogen-bond acceptors (Lipinski definition) is 5. The van der Waals surface area contributed by atoms with Gasteiger partial charge in [0.25, 0.3) is 0 Å². The fraction of sp³-hybridized carbons (Fsp3) is 0.0952. The van der Waals surface area contributed by atoms with Gasteiger partial charge in [-0.1, -0.05) is 11.6 Å². The molecule has 0 aliphatic carbocycles. The van der Waals surface area contributed by atoms with Gasteiger partial charge in [0.2, 0.25) is 5.78 Å². The Bertz CT molecular complexity index is 1020. The zero-order valence-electron chi connectivity index (χ0n) is 15.1. The van der Waals surface area contributed by atoms with Crippen LogP contribution in [-0.4, -0.2) is 30.9 Å². The largest absolute Gasteiger partial charge is 0.465 e. The molecule has 0 aliphatic heterocycles. The highest BCUT2D eigenvalue weighted by molar-refractivity contribution is 9.10. The molecule has 7 heteroatoms. The number of hydrogen-bond donors (Lipinski definition) is 0. The zero-order valence-corrected chi connectivity index (χ0v) is 17.5. The molecule has 0 spiro atoms. The van der Waals surface area contributed by atoms with Gasteiger partial charge in [0.05, 0.1) is 24.6 Å². The summed E-state index contributed by atoms with van der Waals surface area (Å²) in [6.45, 7) is 0. The Morgan fingerprint density at radius 1 is 1.04 bits per heavy atom. The number of methoxy groups -OCH3 is 1. The number of halogens is 2. The van der Waals surface area contributed by atoms with Crippen molar-refractivity contribution < 1.29 is 14.3 Å². The van der Waals surface area contributed by atoms with E-state index in [0.29, 0.717) is 15.1 Å². The predicted octanol–water partition coefficient (Wildman–Crippen LogP) is 5.28. The lowest BCUT2D eigenvalue weighted by atomic mass is 10.0. The van der Waals surface area contributed by atoms with E-state index in [1.807, 2.05) is 42.3 Å². The first-order chi connectivity index (χ1) is 13.4. The summed E-state index contributed by atoms with van der Waals surface area (Å²) in [5.41, 5.74) is 2.69. The maximum absolute atomic E-state index is 12.8. The van der Waals surface area contributed by atoms with Crippen LogP contribution >= 0.6 is 27.5 Å². The number of ether oxygens (including phenoxy) is 1. The van der Waals surface area contributed by atoms with Crippen molar-refractivity contribution in [1.29, 1.82) is 0 Å². The van der Waals surface area contributed by atoms with Gasteiger partial charge in [-0.3, -0.25) is 9.78 Å². The van der Waals surface area contributed by atoms with E-state index in [0.717, 1.165) is 11.4 Å². The Labute approximate surface area is 176 Å². The lowest BCUT2D eigenvalue weighted by Crippen LogP contribution is -2.11. The van der Waals surface area contributed by atoms with Crippen LogP contribution in [0.1, 0.15) is 26.4 Å². The van der Waals surface area contributed by atoms with Crippen LogP contribution in [0.2, 0.25) is 5.02 Å². The van der Waals surface area contributed by atoms with Gasteiger partial charge in [-0.05, 0) is 70.5 Å². The van der Waals surface area contributed by atoms with Crippen molar-refractivity contribution in [3.8, 4) is 0 Å². The molecule has 0 radical (unpaired) electrons. The van der Waals surface area contributed by atoms with Crippen LogP contribution in [0.15, 0.2) is 65.3 Å². The van der Waals surface area contributed by atoms with Gasteiger partial charge >= 0.3 is 5.97 Å². The number of carbonyl (C=O) groups excluding carboxylic acids is 2. The molecule has 0 atom stereocenters. The van der Waals surface area contributed by atoms with Crippen LogP contribution in [0, 0.1) is 0 Å². The molecule has 0 unspecified atom stereocenters. The van der Waals surface area contributed by atoms with E-state index in [-0.39, 0.29) is 17.0 Å². The Balaban J connectivity index is 1.84. The minimum Gasteiger partial charge on any atom is -0.465 e. The first-order valence-corrected chi connectivity index (χ1v) is 9.45. The summed E-state index contributed by atoms with van der Waals surface area (Å²) in [6, 6.07) is 15.7. The summed E-state index contributed by atoms with van der Waals surface area (Å²) < 4.78 is 5.30. The van der Waals surface area contributed by atoms with Crippen LogP contribution in [0.3, 0.4) is 0 Å². The van der Waals surface area contributed by atoms with E-state index in [9.17, 15) is 9.59 Å². The number of aromatic nitrogens is 1. The highest BCUT2D eigenvalue weighted by Crippen LogP contribution is 2.25. The minimum absolute atomic E-state index is 0.279. The standard InChI is InChI=1S/C21H16BrClN2O3/c1-25(15-6-4-14(23)5-7-15)16-8-10-19(24-12-16)20(26)13-3-9-18(22)17(11-13)21(27)28-2/h3-12H,1-2H3. The van der Waals surface area contributed by atoms with Crippen molar-refractivity contribution >= 4 is 50.7 Å². The smallest absolute Gasteiger partial charge is 0.339 e. The molecule has 0 saturated heterocycles. The molecular weight excluding hydrogens is 444 g/mol. The molecule has 0 amide bonds. The van der Waals surface area contributed by atoms with Crippen LogP contribution in [0.5, 0.6) is 0 Å². The molecule has 142 valence electrons. The van der Waals surface area contributed by atoms with Crippen LogP contribution in [0.4, 0.5) is 11.4 Å². The topological polar surface area (TPSA) is 59.5 Å². The highest BCUT2D eigenvalue weighted by Gasteiger charge is 2.17. The third-order valence-electron chi connectivity index (χ3n) is 4.22. The molecule has 0 N–H and O–H groups in total. The zero-order chi connectivity index (χ0) is 20.3. The Morgan fingerprint density at radius 3 is 2.32 bits per heavy atom. The van der Waals surface area contributed by atoms with Gasteiger partial charge in [-0.15, -0.1) is 0 Å². The van der Waals surface area contributed by atoms with Gasteiger partial charge in [-0.25, -0.2) is 4.79 Å². The number of benzene rings is 2. The molecule has 3 aromatic rings. The molecule has 0 aliphatic rings. The Morgan fingerprint density at radius 2 is 1.71 bits per heavy atom. The van der Waals surface area contributed by atoms with Crippen LogP contribution in [-0.2, 0) is 4.74 Å². The van der Waals surface area contributed by atoms with E-state index in [2.05, 4.69) is 20.9 Å². The first-order valence-electron chi connectivity index (χ1n) is 8.28. The van der Waals surface area contributed by atoms with Gasteiger partial charge in [-0.2, -0.15) is 0 Å². The molecular formula is C21H16BrClN2O3. The van der Waals surface area contributed by atoms with Crippen molar-refractivity contribution in [2.45, 2.75) is 0 Å². The fourth-order valence-corrected chi connectivity index (χ4v) is 3.15. The summed E-state index contributed by atoms with van der Waals surface area (Å²) in [4.78, 5) is 30.8. The third-order valence-corrected chi connectivity index (χ3v) is 5.16. The third kappa shape index (κ3) is 4.24. The molecule has 0 saturated carbocycles. The Hall–Kier alpha value is -2.70. The van der Waals surface area contributed by atoms with Crippen LogP contribution < -0.4 is 4.90 Å². The summed E-state index contributed by atoms with van der Waals surface area (Å²) in [7, 11) is 3.19. The summed E-state index contributed by atoms with van der Waals surface area (Å²) in [5.74, 6) is -0.798.